The van der Waals surface area contributed by atoms with Crippen LogP contribution in [0.4, 0.5) is 11.4 Å². The zero-order valence-corrected chi connectivity index (χ0v) is 29.9. The van der Waals surface area contributed by atoms with Crippen molar-refractivity contribution in [2.75, 3.05) is 29.5 Å². The quantitative estimate of drug-likeness (QED) is 0.264. The van der Waals surface area contributed by atoms with Crippen molar-refractivity contribution in [3.63, 3.8) is 0 Å². The molecule has 6 rings (SSSR count). The molecule has 3 heterocycles. The molecule has 1 spiro atoms. The standard InChI is InChI=1S/C39H49N3O6Si/c1-28-37(49(2,3)47)34(25-36(45)40(22-23-43)26-29-14-7-6-8-15-29)48-39(28)32-18-10-11-19-33(32)42(38(39)46)27-30-16-13-17-31(24-30)41-21-12-5-4-9-20-35(41)44/h6-8,10-11,13-19,24,28,34,37,43,47H,4-5,9,12,20-23,25-27H2,1-3H3/t28-,34+,37-,39+/m1/s1. The lowest BCUT2D eigenvalue weighted by Crippen LogP contribution is -2.46. The first-order valence-corrected chi connectivity index (χ1v) is 20.7. The number of hydrogen-bond acceptors (Lipinski definition) is 6. The molecule has 0 aromatic heterocycles. The van der Waals surface area contributed by atoms with Crippen LogP contribution in [0.1, 0.15) is 62.1 Å². The number of fused-ring (bicyclic) bond motifs is 2. The maximum atomic E-state index is 14.8. The molecule has 2 fully saturated rings. The van der Waals surface area contributed by atoms with Crippen LogP contribution in [0.25, 0.3) is 0 Å². The summed E-state index contributed by atoms with van der Waals surface area (Å²) in [6.07, 6.45) is 3.90. The van der Waals surface area contributed by atoms with Crippen molar-refractivity contribution in [2.24, 2.45) is 5.92 Å². The van der Waals surface area contributed by atoms with Gasteiger partial charge in [0, 0.05) is 48.8 Å². The zero-order chi connectivity index (χ0) is 34.8. The number of carbonyl (C=O) groups excluding carboxylic acids is 3. The number of anilines is 2. The zero-order valence-electron chi connectivity index (χ0n) is 28.9. The second kappa shape index (κ2) is 14.6. The van der Waals surface area contributed by atoms with Gasteiger partial charge >= 0.3 is 0 Å². The molecule has 260 valence electrons. The monoisotopic (exact) mass is 683 g/mol. The maximum Gasteiger partial charge on any atom is 0.264 e. The minimum Gasteiger partial charge on any atom is -0.432 e. The van der Waals surface area contributed by atoms with E-state index in [2.05, 4.69) is 0 Å². The molecular formula is C39H49N3O6Si. The van der Waals surface area contributed by atoms with E-state index < -0.39 is 31.5 Å². The summed E-state index contributed by atoms with van der Waals surface area (Å²) in [5.41, 5.74) is 2.43. The molecule has 3 aromatic carbocycles. The lowest BCUT2D eigenvalue weighted by molar-refractivity contribution is -0.150. The van der Waals surface area contributed by atoms with Crippen LogP contribution >= 0.6 is 0 Å². The number of amides is 3. The van der Waals surface area contributed by atoms with Crippen LogP contribution in [0.5, 0.6) is 0 Å². The summed E-state index contributed by atoms with van der Waals surface area (Å²) < 4.78 is 6.90. The molecule has 0 unspecified atom stereocenters. The highest BCUT2D eigenvalue weighted by Crippen LogP contribution is 2.59. The lowest BCUT2D eigenvalue weighted by atomic mass is 9.82. The number of aliphatic hydroxyl groups is 1. The van der Waals surface area contributed by atoms with Gasteiger partial charge in [-0.05, 0) is 55.3 Å². The average molecular weight is 684 g/mol. The van der Waals surface area contributed by atoms with Crippen LogP contribution in [0.15, 0.2) is 78.9 Å². The highest BCUT2D eigenvalue weighted by molar-refractivity contribution is 6.71. The van der Waals surface area contributed by atoms with E-state index in [-0.39, 0.29) is 37.3 Å². The van der Waals surface area contributed by atoms with Crippen LogP contribution < -0.4 is 9.80 Å². The number of benzene rings is 3. The molecule has 3 aliphatic heterocycles. The number of carbonyl (C=O) groups is 3. The first kappa shape index (κ1) is 35.0. The van der Waals surface area contributed by atoms with Crippen molar-refractivity contribution in [2.45, 2.75) is 88.9 Å². The van der Waals surface area contributed by atoms with E-state index in [1.807, 2.05) is 104 Å². The van der Waals surface area contributed by atoms with Crippen molar-refractivity contribution in [3.8, 4) is 0 Å². The summed E-state index contributed by atoms with van der Waals surface area (Å²) in [5.74, 6) is -0.665. The van der Waals surface area contributed by atoms with E-state index >= 15 is 0 Å². The van der Waals surface area contributed by atoms with Crippen molar-refractivity contribution < 1.29 is 29.0 Å². The Bertz CT molecular complexity index is 1660. The summed E-state index contributed by atoms with van der Waals surface area (Å²) in [6.45, 7) is 6.99. The fourth-order valence-corrected chi connectivity index (χ4v) is 10.9. The molecule has 3 aliphatic rings. The summed E-state index contributed by atoms with van der Waals surface area (Å²) in [5, 5.41) is 9.81. The fourth-order valence-electron chi connectivity index (χ4n) is 8.34. The maximum absolute atomic E-state index is 14.8. The fraction of sp³-hybridized carbons (Fsp3) is 0.462. The van der Waals surface area contributed by atoms with E-state index in [1.54, 1.807) is 9.80 Å². The molecule has 0 aliphatic carbocycles. The Morgan fingerprint density at radius 1 is 0.959 bits per heavy atom. The van der Waals surface area contributed by atoms with Gasteiger partial charge in [-0.3, -0.25) is 14.4 Å². The Morgan fingerprint density at radius 3 is 2.43 bits per heavy atom. The van der Waals surface area contributed by atoms with Gasteiger partial charge in [-0.25, -0.2) is 0 Å². The van der Waals surface area contributed by atoms with Crippen LogP contribution in [-0.2, 0) is 37.8 Å². The molecule has 3 amide bonds. The third-order valence-electron chi connectivity index (χ3n) is 10.6. The molecule has 0 saturated carbocycles. The second-order valence-electron chi connectivity index (χ2n) is 14.4. The van der Waals surface area contributed by atoms with Gasteiger partial charge in [0.25, 0.3) is 5.91 Å². The predicted octanol–water partition coefficient (Wildman–Crippen LogP) is 5.74. The number of rotatable bonds is 10. The van der Waals surface area contributed by atoms with Gasteiger partial charge in [0.2, 0.25) is 11.8 Å². The molecule has 4 atom stereocenters. The average Bonchev–Trinajstić information content (AvgIpc) is 3.49. The van der Waals surface area contributed by atoms with Crippen LogP contribution in [0, 0.1) is 5.92 Å². The normalized spacial score (nSPS) is 24.2. The minimum atomic E-state index is -2.98. The van der Waals surface area contributed by atoms with E-state index in [9.17, 15) is 24.3 Å². The number of para-hydroxylation sites is 1. The molecule has 49 heavy (non-hydrogen) atoms. The number of aliphatic hydroxyl groups excluding tert-OH is 1. The Hall–Kier alpha value is -3.83. The highest BCUT2D eigenvalue weighted by atomic mass is 28.4. The molecule has 0 radical (unpaired) electrons. The second-order valence-corrected chi connectivity index (χ2v) is 18.4. The molecule has 3 aromatic rings. The number of hydrogen-bond donors (Lipinski definition) is 2. The van der Waals surface area contributed by atoms with Gasteiger partial charge in [-0.1, -0.05) is 80.4 Å². The first-order chi connectivity index (χ1) is 23.5. The van der Waals surface area contributed by atoms with Crippen molar-refractivity contribution in [3.05, 3.63) is 95.6 Å². The van der Waals surface area contributed by atoms with Crippen molar-refractivity contribution in [1.82, 2.24) is 4.90 Å². The molecule has 2 saturated heterocycles. The summed E-state index contributed by atoms with van der Waals surface area (Å²) in [4.78, 5) is 58.7. The topological polar surface area (TPSA) is 111 Å². The van der Waals surface area contributed by atoms with E-state index in [4.69, 9.17) is 4.74 Å². The van der Waals surface area contributed by atoms with Crippen molar-refractivity contribution >= 4 is 37.4 Å². The largest absolute Gasteiger partial charge is 0.432 e. The lowest BCUT2D eigenvalue weighted by Gasteiger charge is -2.32. The van der Waals surface area contributed by atoms with Crippen LogP contribution in [-0.4, -0.2) is 66.6 Å². The Labute approximate surface area is 290 Å². The first-order valence-electron chi connectivity index (χ1n) is 17.7. The SMILES string of the molecule is C[C@@H]1[C@@H]([Si](C)(C)O)[C@H](CC(=O)N(CCO)Cc2ccccc2)O[C@@]12C(=O)N(Cc1cccc(N3CCCCCCC3=O)c1)c1ccccc12. The molecule has 9 nitrogen and oxygen atoms in total. The minimum absolute atomic E-state index is 0.0120. The van der Waals surface area contributed by atoms with Gasteiger partial charge in [0.1, 0.15) is 0 Å². The molecule has 2 N–H and O–H groups in total. The predicted molar refractivity (Wildman–Crippen MR) is 192 cm³/mol. The van der Waals surface area contributed by atoms with E-state index in [0.29, 0.717) is 26.1 Å². The number of ether oxygens (including phenoxy) is 1. The Kier molecular flexibility index (Phi) is 10.4. The van der Waals surface area contributed by atoms with Gasteiger partial charge < -0.3 is 29.3 Å². The third kappa shape index (κ3) is 6.97. The molecular weight excluding hydrogens is 635 g/mol. The smallest absolute Gasteiger partial charge is 0.264 e. The Balaban J connectivity index is 1.29. The van der Waals surface area contributed by atoms with Crippen molar-refractivity contribution in [1.29, 1.82) is 0 Å². The molecule has 0 bridgehead atoms. The van der Waals surface area contributed by atoms with Crippen LogP contribution in [0.3, 0.4) is 0 Å². The van der Waals surface area contributed by atoms with Gasteiger partial charge in [-0.15, -0.1) is 0 Å². The third-order valence-corrected chi connectivity index (χ3v) is 13.1. The summed E-state index contributed by atoms with van der Waals surface area (Å²) in [7, 11) is -2.98. The van der Waals surface area contributed by atoms with E-state index in [1.165, 1.54) is 0 Å². The number of nitrogens with zero attached hydrogens (tertiary/aromatic N) is 3. The summed E-state index contributed by atoms with van der Waals surface area (Å²) in [6, 6.07) is 25.2. The van der Waals surface area contributed by atoms with E-state index in [0.717, 1.165) is 53.7 Å². The van der Waals surface area contributed by atoms with Gasteiger partial charge in [-0.2, -0.15) is 0 Å². The van der Waals surface area contributed by atoms with Gasteiger partial charge in [0.15, 0.2) is 13.9 Å². The van der Waals surface area contributed by atoms with Crippen LogP contribution in [0.2, 0.25) is 18.6 Å². The Morgan fingerprint density at radius 2 is 1.67 bits per heavy atom. The summed E-state index contributed by atoms with van der Waals surface area (Å²) >= 11 is 0. The highest BCUT2D eigenvalue weighted by Gasteiger charge is 2.66. The van der Waals surface area contributed by atoms with Gasteiger partial charge in [0.05, 0.1) is 31.4 Å². The molecule has 10 heteroatoms.